The van der Waals surface area contributed by atoms with Crippen LogP contribution >= 0.6 is 11.8 Å². The van der Waals surface area contributed by atoms with E-state index in [1.54, 1.807) is 0 Å². The number of thioether (sulfide) groups is 1. The Hall–Kier alpha value is -0.510. The third kappa shape index (κ3) is 6.29. The van der Waals surface area contributed by atoms with E-state index in [0.29, 0.717) is 6.04 Å². The van der Waals surface area contributed by atoms with Crippen LogP contribution in [0, 0.1) is 5.92 Å². The van der Waals surface area contributed by atoms with E-state index in [-0.39, 0.29) is 5.41 Å². The summed E-state index contributed by atoms with van der Waals surface area (Å²) < 4.78 is 0. The minimum absolute atomic E-state index is 0.219. The third-order valence-electron chi connectivity index (χ3n) is 3.31. The fourth-order valence-electron chi connectivity index (χ4n) is 2.04. The molecule has 114 valence electrons. The quantitative estimate of drug-likeness (QED) is 0.594. The fourth-order valence-corrected chi connectivity index (χ4v) is 3.14. The predicted molar refractivity (Wildman–Crippen MR) is 92.1 cm³/mol. The molecule has 0 amide bonds. The monoisotopic (exact) mass is 294 g/mol. The van der Waals surface area contributed by atoms with Gasteiger partial charge in [0.05, 0.1) is 0 Å². The molecule has 0 heterocycles. The van der Waals surface area contributed by atoms with Crippen molar-refractivity contribution in [1.29, 1.82) is 0 Å². The highest BCUT2D eigenvalue weighted by Crippen LogP contribution is 2.22. The van der Waals surface area contributed by atoms with Gasteiger partial charge in [-0.1, -0.05) is 58.9 Å². The van der Waals surface area contributed by atoms with E-state index in [9.17, 15) is 0 Å². The molecular weight excluding hydrogens is 264 g/mol. The molecule has 0 radical (unpaired) electrons. The van der Waals surface area contributed by atoms with Gasteiger partial charge in [0, 0.05) is 11.8 Å². The summed E-state index contributed by atoms with van der Waals surface area (Å²) in [7, 11) is 0. The smallest absolute Gasteiger partial charge is 0.0341 e. The van der Waals surface area contributed by atoms with E-state index in [4.69, 9.17) is 5.84 Å². The second-order valence-electron chi connectivity index (χ2n) is 6.95. The predicted octanol–water partition coefficient (Wildman–Crippen LogP) is 3.75. The van der Waals surface area contributed by atoms with E-state index in [2.05, 4.69) is 64.3 Å². The third-order valence-corrected chi connectivity index (χ3v) is 4.85. The average molecular weight is 295 g/mol. The van der Waals surface area contributed by atoms with Crippen LogP contribution in [0.5, 0.6) is 0 Å². The SMILES string of the molecule is CC(C)CSCC(Cc1ccc(C(C)(C)C)cc1)NN. The number of nitrogens with one attached hydrogen (secondary N) is 1. The maximum Gasteiger partial charge on any atom is 0.0341 e. The van der Waals surface area contributed by atoms with Gasteiger partial charge in [0.2, 0.25) is 0 Å². The van der Waals surface area contributed by atoms with Crippen LogP contribution in [-0.4, -0.2) is 17.5 Å². The first-order valence-electron chi connectivity index (χ1n) is 7.46. The Morgan fingerprint density at radius 3 is 2.15 bits per heavy atom. The molecule has 2 nitrogen and oxygen atoms in total. The van der Waals surface area contributed by atoms with Gasteiger partial charge in [0.25, 0.3) is 0 Å². The molecule has 0 spiro atoms. The minimum Gasteiger partial charge on any atom is -0.271 e. The molecule has 1 aromatic rings. The highest BCUT2D eigenvalue weighted by atomic mass is 32.2. The molecule has 20 heavy (non-hydrogen) atoms. The summed E-state index contributed by atoms with van der Waals surface area (Å²) in [5, 5.41) is 0. The van der Waals surface area contributed by atoms with Gasteiger partial charge in [-0.3, -0.25) is 11.3 Å². The molecule has 1 atom stereocenters. The number of hydrazine groups is 1. The van der Waals surface area contributed by atoms with Crippen molar-refractivity contribution in [3.05, 3.63) is 35.4 Å². The number of hydrogen-bond donors (Lipinski definition) is 2. The van der Waals surface area contributed by atoms with Crippen molar-refractivity contribution in [1.82, 2.24) is 5.43 Å². The lowest BCUT2D eigenvalue weighted by Gasteiger charge is -2.20. The Bertz CT molecular complexity index is 379. The van der Waals surface area contributed by atoms with Crippen LogP contribution in [0.2, 0.25) is 0 Å². The molecule has 3 heteroatoms. The minimum atomic E-state index is 0.219. The van der Waals surface area contributed by atoms with Crippen molar-refractivity contribution >= 4 is 11.8 Å². The van der Waals surface area contributed by atoms with Gasteiger partial charge in [-0.05, 0) is 34.6 Å². The van der Waals surface area contributed by atoms with E-state index in [0.717, 1.165) is 18.1 Å². The summed E-state index contributed by atoms with van der Waals surface area (Å²) in [6, 6.07) is 9.30. The highest BCUT2D eigenvalue weighted by molar-refractivity contribution is 7.99. The van der Waals surface area contributed by atoms with Gasteiger partial charge in [-0.25, -0.2) is 0 Å². The molecule has 0 aliphatic rings. The van der Waals surface area contributed by atoms with Crippen LogP contribution in [-0.2, 0) is 11.8 Å². The first-order valence-corrected chi connectivity index (χ1v) is 8.61. The lowest BCUT2D eigenvalue weighted by atomic mass is 9.86. The molecule has 1 aromatic carbocycles. The van der Waals surface area contributed by atoms with E-state index < -0.39 is 0 Å². The van der Waals surface area contributed by atoms with Crippen molar-refractivity contribution in [2.24, 2.45) is 11.8 Å². The van der Waals surface area contributed by atoms with Crippen molar-refractivity contribution < 1.29 is 0 Å². The van der Waals surface area contributed by atoms with Crippen LogP contribution in [0.25, 0.3) is 0 Å². The second-order valence-corrected chi connectivity index (χ2v) is 8.02. The Morgan fingerprint density at radius 1 is 1.10 bits per heavy atom. The largest absolute Gasteiger partial charge is 0.271 e. The van der Waals surface area contributed by atoms with Gasteiger partial charge < -0.3 is 0 Å². The Kier molecular flexibility index (Phi) is 7.07. The molecule has 0 aromatic heterocycles. The van der Waals surface area contributed by atoms with Crippen LogP contribution in [0.3, 0.4) is 0 Å². The lowest BCUT2D eigenvalue weighted by molar-refractivity contribution is 0.572. The van der Waals surface area contributed by atoms with E-state index >= 15 is 0 Å². The summed E-state index contributed by atoms with van der Waals surface area (Å²) in [5.41, 5.74) is 5.90. The first-order chi connectivity index (χ1) is 9.32. The Labute approximate surface area is 128 Å². The van der Waals surface area contributed by atoms with Crippen LogP contribution in [0.1, 0.15) is 45.7 Å². The van der Waals surface area contributed by atoms with Crippen LogP contribution in [0.15, 0.2) is 24.3 Å². The summed E-state index contributed by atoms with van der Waals surface area (Å²) in [6.07, 6.45) is 0.992. The zero-order chi connectivity index (χ0) is 15.2. The summed E-state index contributed by atoms with van der Waals surface area (Å²) in [4.78, 5) is 0. The molecule has 1 unspecified atom stereocenters. The number of hydrogen-bond acceptors (Lipinski definition) is 3. The van der Waals surface area contributed by atoms with E-state index in [1.807, 2.05) is 11.8 Å². The molecule has 0 fully saturated rings. The van der Waals surface area contributed by atoms with Crippen LogP contribution in [0.4, 0.5) is 0 Å². The second kappa shape index (κ2) is 8.06. The molecule has 1 rings (SSSR count). The van der Waals surface area contributed by atoms with Gasteiger partial charge in [0.15, 0.2) is 0 Å². The Morgan fingerprint density at radius 2 is 1.70 bits per heavy atom. The van der Waals surface area contributed by atoms with Crippen molar-refractivity contribution in [3.63, 3.8) is 0 Å². The normalized spacial score (nSPS) is 13.8. The maximum absolute atomic E-state index is 5.67. The van der Waals surface area contributed by atoms with Crippen molar-refractivity contribution in [3.8, 4) is 0 Å². The standard InChI is InChI=1S/C17H30N2S/c1-13(2)11-20-12-16(19-18)10-14-6-8-15(9-7-14)17(3,4)5/h6-9,13,16,19H,10-12,18H2,1-5H3. The molecule has 0 aliphatic heterocycles. The zero-order valence-corrected chi connectivity index (χ0v) is 14.4. The molecule has 0 saturated carbocycles. The fraction of sp³-hybridized carbons (Fsp3) is 0.647. The summed E-state index contributed by atoms with van der Waals surface area (Å²) >= 11 is 1.98. The molecule has 0 aliphatic carbocycles. The van der Waals surface area contributed by atoms with E-state index in [1.165, 1.54) is 16.9 Å². The Balaban J connectivity index is 2.53. The topological polar surface area (TPSA) is 38.0 Å². The number of benzene rings is 1. The van der Waals surface area contributed by atoms with Crippen molar-refractivity contribution in [2.45, 2.75) is 52.5 Å². The number of nitrogens with two attached hydrogens (primary N) is 1. The maximum atomic E-state index is 5.67. The summed E-state index contributed by atoms with van der Waals surface area (Å²) in [5.74, 6) is 8.67. The average Bonchev–Trinajstić information content (AvgIpc) is 2.36. The van der Waals surface area contributed by atoms with Crippen molar-refractivity contribution in [2.75, 3.05) is 11.5 Å². The van der Waals surface area contributed by atoms with Crippen LogP contribution < -0.4 is 11.3 Å². The number of rotatable bonds is 7. The molecule has 0 bridgehead atoms. The first kappa shape index (κ1) is 17.5. The molecule has 0 saturated heterocycles. The van der Waals surface area contributed by atoms with Gasteiger partial charge in [0.1, 0.15) is 0 Å². The van der Waals surface area contributed by atoms with Gasteiger partial charge >= 0.3 is 0 Å². The molecular formula is C17H30N2S. The van der Waals surface area contributed by atoms with Gasteiger partial charge in [-0.2, -0.15) is 11.8 Å². The van der Waals surface area contributed by atoms with Gasteiger partial charge in [-0.15, -0.1) is 0 Å². The highest BCUT2D eigenvalue weighted by Gasteiger charge is 2.14. The molecule has 3 N–H and O–H groups in total. The lowest BCUT2D eigenvalue weighted by Crippen LogP contribution is -2.38. The zero-order valence-electron chi connectivity index (χ0n) is 13.6. The summed E-state index contributed by atoms with van der Waals surface area (Å²) in [6.45, 7) is 11.2.